The second kappa shape index (κ2) is 4.91. The lowest BCUT2D eigenvalue weighted by Crippen LogP contribution is -2.30. The molecule has 0 N–H and O–H groups in total. The molecule has 0 atom stereocenters. The van der Waals surface area contributed by atoms with E-state index < -0.39 is 0 Å². The fourth-order valence-corrected chi connectivity index (χ4v) is 3.22. The van der Waals surface area contributed by atoms with Crippen molar-refractivity contribution in [3.8, 4) is 5.69 Å². The van der Waals surface area contributed by atoms with Gasteiger partial charge >= 0.3 is 0 Å². The molecule has 0 radical (unpaired) electrons. The molecule has 22 heavy (non-hydrogen) atoms. The number of anilines is 2. The number of hydrogen-bond donors (Lipinski definition) is 0. The summed E-state index contributed by atoms with van der Waals surface area (Å²) in [6, 6.07) is 18.7. The van der Waals surface area contributed by atoms with Crippen molar-refractivity contribution in [3.63, 3.8) is 0 Å². The predicted octanol–water partition coefficient (Wildman–Crippen LogP) is 3.46. The number of para-hydroxylation sites is 3. The second-order valence-electron chi connectivity index (χ2n) is 5.64. The third-order valence-corrected chi connectivity index (χ3v) is 4.30. The molecule has 4 rings (SSSR count). The van der Waals surface area contributed by atoms with Crippen molar-refractivity contribution in [2.75, 3.05) is 23.9 Å². The molecule has 2 aromatic carbocycles. The Labute approximate surface area is 130 Å². The molecule has 0 aliphatic carbocycles. The quantitative estimate of drug-likeness (QED) is 0.722. The van der Waals surface area contributed by atoms with Crippen LogP contribution in [-0.4, -0.2) is 23.9 Å². The zero-order valence-electron chi connectivity index (χ0n) is 12.7. The Morgan fingerprint density at radius 3 is 2.05 bits per heavy atom. The van der Waals surface area contributed by atoms with Crippen LogP contribution in [0.3, 0.4) is 0 Å². The molecule has 2 heterocycles. The Bertz CT molecular complexity index is 765. The predicted molar refractivity (Wildman–Crippen MR) is 89.6 cm³/mol. The van der Waals surface area contributed by atoms with E-state index in [2.05, 4.69) is 71.6 Å². The zero-order chi connectivity index (χ0) is 15.1. The minimum Gasteiger partial charge on any atom is -0.349 e. The van der Waals surface area contributed by atoms with Crippen LogP contribution < -0.4 is 9.80 Å². The van der Waals surface area contributed by atoms with Crippen LogP contribution in [0.25, 0.3) is 5.69 Å². The molecule has 3 aromatic rings. The number of benzene rings is 2. The summed E-state index contributed by atoms with van der Waals surface area (Å²) in [6.07, 6.45) is 4.24. The monoisotopic (exact) mass is 290 g/mol. The summed E-state index contributed by atoms with van der Waals surface area (Å²) < 4.78 is 1.93. The van der Waals surface area contributed by atoms with Crippen LogP contribution in [0.5, 0.6) is 0 Å². The number of nitrogens with zero attached hydrogens (tertiary/aromatic N) is 4. The Kier molecular flexibility index (Phi) is 2.89. The van der Waals surface area contributed by atoms with Gasteiger partial charge in [0.15, 0.2) is 0 Å². The van der Waals surface area contributed by atoms with Gasteiger partial charge in [0.2, 0.25) is 0 Å². The summed E-state index contributed by atoms with van der Waals surface area (Å²) in [4.78, 5) is 4.59. The van der Waals surface area contributed by atoms with Crippen molar-refractivity contribution < 1.29 is 0 Å². The smallest absolute Gasteiger partial charge is 0.131 e. The highest BCUT2D eigenvalue weighted by Crippen LogP contribution is 2.43. The summed E-state index contributed by atoms with van der Waals surface area (Å²) in [6.45, 7) is 0. The van der Waals surface area contributed by atoms with E-state index in [-0.39, 0.29) is 6.17 Å². The molecule has 4 heteroatoms. The summed E-state index contributed by atoms with van der Waals surface area (Å²) in [7, 11) is 4.26. The maximum absolute atomic E-state index is 4.53. The lowest BCUT2D eigenvalue weighted by atomic mass is 10.2. The number of fused-ring (bicyclic) bond motifs is 1. The van der Waals surface area contributed by atoms with E-state index in [1.165, 1.54) is 16.9 Å². The van der Waals surface area contributed by atoms with E-state index in [1.54, 1.807) is 0 Å². The lowest BCUT2D eigenvalue weighted by molar-refractivity contribution is 0.694. The highest BCUT2D eigenvalue weighted by molar-refractivity contribution is 5.77. The Hall–Kier alpha value is -2.75. The van der Waals surface area contributed by atoms with Crippen molar-refractivity contribution in [1.82, 2.24) is 9.78 Å². The van der Waals surface area contributed by atoms with Gasteiger partial charge in [0.25, 0.3) is 0 Å². The summed E-state index contributed by atoms with van der Waals surface area (Å²) >= 11 is 0. The van der Waals surface area contributed by atoms with Gasteiger partial charge in [0.05, 0.1) is 23.3 Å². The molecule has 0 fully saturated rings. The molecule has 0 amide bonds. The van der Waals surface area contributed by atoms with Crippen LogP contribution in [0, 0.1) is 0 Å². The number of hydrogen-bond acceptors (Lipinski definition) is 3. The van der Waals surface area contributed by atoms with E-state index in [0.29, 0.717) is 0 Å². The van der Waals surface area contributed by atoms with Gasteiger partial charge in [-0.05, 0) is 24.3 Å². The fourth-order valence-electron chi connectivity index (χ4n) is 3.22. The molecular weight excluding hydrogens is 272 g/mol. The van der Waals surface area contributed by atoms with E-state index in [0.717, 1.165) is 5.69 Å². The average Bonchev–Trinajstić information content (AvgIpc) is 3.13. The van der Waals surface area contributed by atoms with Gasteiger partial charge in [-0.3, -0.25) is 0 Å². The van der Waals surface area contributed by atoms with Crippen LogP contribution in [0.15, 0.2) is 67.0 Å². The molecular formula is C18H18N4. The molecule has 0 spiro atoms. The normalized spacial score (nSPS) is 14.5. The van der Waals surface area contributed by atoms with Gasteiger partial charge in [0, 0.05) is 25.9 Å². The van der Waals surface area contributed by atoms with Crippen molar-refractivity contribution in [2.24, 2.45) is 0 Å². The van der Waals surface area contributed by atoms with Crippen molar-refractivity contribution in [1.29, 1.82) is 0 Å². The van der Waals surface area contributed by atoms with E-state index >= 15 is 0 Å². The molecule has 0 bridgehead atoms. The van der Waals surface area contributed by atoms with Gasteiger partial charge in [-0.1, -0.05) is 30.3 Å². The third-order valence-electron chi connectivity index (χ3n) is 4.30. The highest BCUT2D eigenvalue weighted by Gasteiger charge is 2.32. The molecule has 110 valence electrons. The Morgan fingerprint density at radius 2 is 1.41 bits per heavy atom. The molecule has 0 saturated carbocycles. The maximum atomic E-state index is 4.53. The van der Waals surface area contributed by atoms with Crippen LogP contribution in [0.4, 0.5) is 11.4 Å². The topological polar surface area (TPSA) is 24.3 Å². The molecule has 4 nitrogen and oxygen atoms in total. The minimum absolute atomic E-state index is 0.176. The standard InChI is InChI=1S/C18H18N4/c1-20-16-10-6-7-11-17(16)21(2)18(20)14-12-19-22(13-14)15-8-4-3-5-9-15/h3-13,18H,1-2H3. The first-order valence-electron chi connectivity index (χ1n) is 7.40. The molecule has 0 unspecified atom stereocenters. The van der Waals surface area contributed by atoms with Gasteiger partial charge in [0.1, 0.15) is 6.17 Å². The first-order chi connectivity index (χ1) is 10.8. The largest absolute Gasteiger partial charge is 0.349 e. The minimum atomic E-state index is 0.176. The van der Waals surface area contributed by atoms with Crippen molar-refractivity contribution in [2.45, 2.75) is 6.17 Å². The number of rotatable bonds is 2. The SMILES string of the molecule is CN1c2ccccc2N(C)C1c1cnn(-c2ccccc2)c1. The van der Waals surface area contributed by atoms with Gasteiger partial charge < -0.3 is 9.80 Å². The maximum Gasteiger partial charge on any atom is 0.131 e. The first kappa shape index (κ1) is 13.0. The van der Waals surface area contributed by atoms with E-state index in [9.17, 15) is 0 Å². The Balaban J connectivity index is 1.71. The third kappa shape index (κ3) is 1.88. The lowest BCUT2D eigenvalue weighted by Gasteiger charge is -2.26. The van der Waals surface area contributed by atoms with Gasteiger partial charge in [-0.25, -0.2) is 4.68 Å². The zero-order valence-corrected chi connectivity index (χ0v) is 12.7. The first-order valence-corrected chi connectivity index (χ1v) is 7.40. The molecule has 1 aliphatic heterocycles. The van der Waals surface area contributed by atoms with Crippen LogP contribution in [0.2, 0.25) is 0 Å². The van der Waals surface area contributed by atoms with Crippen LogP contribution in [0.1, 0.15) is 11.7 Å². The molecule has 0 saturated heterocycles. The van der Waals surface area contributed by atoms with E-state index in [1.807, 2.05) is 29.1 Å². The molecule has 1 aliphatic rings. The van der Waals surface area contributed by atoms with E-state index in [4.69, 9.17) is 0 Å². The van der Waals surface area contributed by atoms with Crippen molar-refractivity contribution in [3.05, 3.63) is 72.6 Å². The van der Waals surface area contributed by atoms with Gasteiger partial charge in [-0.2, -0.15) is 5.10 Å². The fraction of sp³-hybridized carbons (Fsp3) is 0.167. The van der Waals surface area contributed by atoms with Gasteiger partial charge in [-0.15, -0.1) is 0 Å². The van der Waals surface area contributed by atoms with Crippen LogP contribution >= 0.6 is 0 Å². The van der Waals surface area contributed by atoms with Crippen molar-refractivity contribution >= 4 is 11.4 Å². The number of aromatic nitrogens is 2. The highest BCUT2D eigenvalue weighted by atomic mass is 15.4. The second-order valence-corrected chi connectivity index (χ2v) is 5.64. The van der Waals surface area contributed by atoms with Crippen LogP contribution in [-0.2, 0) is 0 Å². The average molecular weight is 290 g/mol. The summed E-state index contributed by atoms with van der Waals surface area (Å²) in [5.74, 6) is 0. The molecule has 1 aromatic heterocycles. The summed E-state index contributed by atoms with van der Waals surface area (Å²) in [5, 5.41) is 4.53. The Morgan fingerprint density at radius 1 is 0.818 bits per heavy atom. The summed E-state index contributed by atoms with van der Waals surface area (Å²) in [5.41, 5.74) is 4.77.